The lowest BCUT2D eigenvalue weighted by molar-refractivity contribution is 0.340. The fourth-order valence-electron chi connectivity index (χ4n) is 2.53. The highest BCUT2D eigenvalue weighted by molar-refractivity contribution is 5.51. The Labute approximate surface area is 149 Å². The number of rotatable bonds is 7. The summed E-state index contributed by atoms with van der Waals surface area (Å²) in [4.78, 5) is 0. The van der Waals surface area contributed by atoms with Crippen molar-refractivity contribution in [2.45, 2.75) is 13.3 Å². The number of hydrogen-bond donors (Lipinski definition) is 0. The summed E-state index contributed by atoms with van der Waals surface area (Å²) >= 11 is 0. The van der Waals surface area contributed by atoms with Gasteiger partial charge in [-0.15, -0.1) is 0 Å². The monoisotopic (exact) mass is 330 g/mol. The average Bonchev–Trinajstić information content (AvgIpc) is 2.65. The van der Waals surface area contributed by atoms with Gasteiger partial charge < -0.3 is 9.47 Å². The van der Waals surface area contributed by atoms with Crippen molar-refractivity contribution in [2.75, 3.05) is 6.61 Å². The predicted octanol–water partition coefficient (Wildman–Crippen LogP) is 6.13. The number of ether oxygens (including phenoxy) is 2. The zero-order chi connectivity index (χ0) is 17.3. The first kappa shape index (κ1) is 16.8. The van der Waals surface area contributed by atoms with Crippen LogP contribution in [0.1, 0.15) is 18.1 Å². The molecule has 0 bridgehead atoms. The molecule has 0 N–H and O–H groups in total. The minimum absolute atomic E-state index is 0.691. The van der Waals surface area contributed by atoms with Gasteiger partial charge in [0.25, 0.3) is 0 Å². The summed E-state index contributed by atoms with van der Waals surface area (Å²) in [5, 5.41) is 0. The highest BCUT2D eigenvalue weighted by Crippen LogP contribution is 2.22. The largest absolute Gasteiger partial charge is 0.494 e. The molecule has 0 saturated heterocycles. The first-order chi connectivity index (χ1) is 12.3. The summed E-state index contributed by atoms with van der Waals surface area (Å²) in [6.07, 6.45) is 5.15. The maximum atomic E-state index is 5.88. The number of benzene rings is 3. The van der Waals surface area contributed by atoms with Gasteiger partial charge in [-0.25, -0.2) is 0 Å². The standard InChI is InChI=1S/C23H22O2/c1-2-24-21-16-14-19(15-17-21)8-6-9-20-10-7-13-23(18-20)25-22-11-4-3-5-12-22/h3-8,10-18H,2,9H2,1H3. The molecule has 3 aromatic carbocycles. The maximum absolute atomic E-state index is 5.88. The molecule has 2 nitrogen and oxygen atoms in total. The molecule has 3 aromatic rings. The van der Waals surface area contributed by atoms with Gasteiger partial charge in [-0.05, 0) is 60.9 Å². The van der Waals surface area contributed by atoms with Crippen LogP contribution in [0.3, 0.4) is 0 Å². The second-order valence-electron chi connectivity index (χ2n) is 5.67. The van der Waals surface area contributed by atoms with Gasteiger partial charge in [0.2, 0.25) is 0 Å². The Morgan fingerprint density at radius 2 is 1.52 bits per heavy atom. The van der Waals surface area contributed by atoms with E-state index in [0.717, 1.165) is 23.7 Å². The molecule has 0 unspecified atom stereocenters. The van der Waals surface area contributed by atoms with Crippen LogP contribution < -0.4 is 9.47 Å². The van der Waals surface area contributed by atoms with Gasteiger partial charge >= 0.3 is 0 Å². The van der Waals surface area contributed by atoms with Crippen molar-refractivity contribution >= 4 is 6.08 Å². The van der Waals surface area contributed by atoms with Crippen LogP contribution in [0.15, 0.2) is 84.9 Å². The Balaban J connectivity index is 1.60. The van der Waals surface area contributed by atoms with Gasteiger partial charge in [-0.3, -0.25) is 0 Å². The predicted molar refractivity (Wildman–Crippen MR) is 103 cm³/mol. The lowest BCUT2D eigenvalue weighted by atomic mass is 10.1. The fourth-order valence-corrected chi connectivity index (χ4v) is 2.53. The third kappa shape index (κ3) is 5.25. The van der Waals surface area contributed by atoms with E-state index in [9.17, 15) is 0 Å². The van der Waals surface area contributed by atoms with Crippen LogP contribution in [0.25, 0.3) is 6.08 Å². The van der Waals surface area contributed by atoms with Crippen molar-refractivity contribution in [3.8, 4) is 17.2 Å². The minimum atomic E-state index is 0.691. The molecule has 0 aliphatic rings. The molecule has 2 heteroatoms. The van der Waals surface area contributed by atoms with Gasteiger partial charge in [0.15, 0.2) is 0 Å². The minimum Gasteiger partial charge on any atom is -0.494 e. The molecule has 0 radical (unpaired) electrons. The van der Waals surface area contributed by atoms with E-state index < -0.39 is 0 Å². The number of allylic oxidation sites excluding steroid dienone is 1. The molecule has 0 atom stereocenters. The fraction of sp³-hybridized carbons (Fsp3) is 0.130. The summed E-state index contributed by atoms with van der Waals surface area (Å²) in [6, 6.07) is 26.2. The summed E-state index contributed by atoms with van der Waals surface area (Å²) < 4.78 is 11.3. The Kier molecular flexibility index (Phi) is 5.89. The van der Waals surface area contributed by atoms with Crippen LogP contribution in [0, 0.1) is 0 Å². The van der Waals surface area contributed by atoms with E-state index in [2.05, 4.69) is 36.4 Å². The van der Waals surface area contributed by atoms with Crippen molar-refractivity contribution < 1.29 is 9.47 Å². The molecular weight excluding hydrogens is 308 g/mol. The molecule has 126 valence electrons. The van der Waals surface area contributed by atoms with Crippen LogP contribution in [0.5, 0.6) is 17.2 Å². The molecule has 0 saturated carbocycles. The molecule has 3 rings (SSSR count). The SMILES string of the molecule is CCOc1ccc(C=CCc2cccc(Oc3ccccc3)c2)cc1. The molecule has 0 heterocycles. The first-order valence-electron chi connectivity index (χ1n) is 8.55. The lowest BCUT2D eigenvalue weighted by Gasteiger charge is -2.06. The quantitative estimate of drug-likeness (QED) is 0.518. The molecule has 25 heavy (non-hydrogen) atoms. The molecule has 0 fully saturated rings. The van der Waals surface area contributed by atoms with Crippen molar-refractivity contribution in [2.24, 2.45) is 0 Å². The molecular formula is C23H22O2. The molecule has 0 spiro atoms. The van der Waals surface area contributed by atoms with Crippen molar-refractivity contribution in [3.05, 3.63) is 96.1 Å². The number of para-hydroxylation sites is 1. The van der Waals surface area contributed by atoms with Gasteiger partial charge in [0.1, 0.15) is 17.2 Å². The smallest absolute Gasteiger partial charge is 0.127 e. The van der Waals surface area contributed by atoms with Gasteiger partial charge in [0.05, 0.1) is 6.61 Å². The summed E-state index contributed by atoms with van der Waals surface area (Å²) in [5.41, 5.74) is 2.38. The van der Waals surface area contributed by atoms with Gasteiger partial charge in [-0.1, -0.05) is 54.6 Å². The summed E-state index contributed by atoms with van der Waals surface area (Å²) in [7, 11) is 0. The van der Waals surface area contributed by atoms with Crippen LogP contribution in [0.4, 0.5) is 0 Å². The van der Waals surface area contributed by atoms with Crippen molar-refractivity contribution in [1.82, 2.24) is 0 Å². The number of hydrogen-bond acceptors (Lipinski definition) is 2. The van der Waals surface area contributed by atoms with Crippen LogP contribution in [-0.2, 0) is 6.42 Å². The average molecular weight is 330 g/mol. The van der Waals surface area contributed by atoms with Crippen LogP contribution in [-0.4, -0.2) is 6.61 Å². The van der Waals surface area contributed by atoms with E-state index in [1.807, 2.05) is 61.5 Å². The Morgan fingerprint density at radius 1 is 0.760 bits per heavy atom. The van der Waals surface area contributed by atoms with E-state index in [4.69, 9.17) is 9.47 Å². The first-order valence-corrected chi connectivity index (χ1v) is 8.55. The Hall–Kier alpha value is -3.00. The third-order valence-corrected chi connectivity index (χ3v) is 3.73. The van der Waals surface area contributed by atoms with Crippen molar-refractivity contribution in [1.29, 1.82) is 0 Å². The second kappa shape index (κ2) is 8.74. The molecule has 0 aromatic heterocycles. The topological polar surface area (TPSA) is 18.5 Å². The lowest BCUT2D eigenvalue weighted by Crippen LogP contribution is -1.90. The van der Waals surface area contributed by atoms with E-state index in [1.54, 1.807) is 0 Å². The van der Waals surface area contributed by atoms with E-state index in [1.165, 1.54) is 11.1 Å². The van der Waals surface area contributed by atoms with E-state index in [-0.39, 0.29) is 0 Å². The highest BCUT2D eigenvalue weighted by Gasteiger charge is 1.98. The third-order valence-electron chi connectivity index (χ3n) is 3.73. The zero-order valence-electron chi connectivity index (χ0n) is 14.4. The van der Waals surface area contributed by atoms with Gasteiger partial charge in [-0.2, -0.15) is 0 Å². The highest BCUT2D eigenvalue weighted by atomic mass is 16.5. The van der Waals surface area contributed by atoms with Gasteiger partial charge in [0, 0.05) is 0 Å². The Bertz CT molecular complexity index is 805. The normalized spacial score (nSPS) is 10.8. The van der Waals surface area contributed by atoms with E-state index >= 15 is 0 Å². The second-order valence-corrected chi connectivity index (χ2v) is 5.67. The maximum Gasteiger partial charge on any atom is 0.127 e. The molecule has 0 aliphatic carbocycles. The Morgan fingerprint density at radius 3 is 2.28 bits per heavy atom. The zero-order valence-corrected chi connectivity index (χ0v) is 14.4. The van der Waals surface area contributed by atoms with Crippen LogP contribution >= 0.6 is 0 Å². The molecule has 0 aliphatic heterocycles. The van der Waals surface area contributed by atoms with E-state index in [0.29, 0.717) is 6.61 Å². The molecule has 0 amide bonds. The van der Waals surface area contributed by atoms with Crippen LogP contribution in [0.2, 0.25) is 0 Å². The van der Waals surface area contributed by atoms with Crippen molar-refractivity contribution in [3.63, 3.8) is 0 Å². The summed E-state index contributed by atoms with van der Waals surface area (Å²) in [5.74, 6) is 2.62. The summed E-state index contributed by atoms with van der Waals surface area (Å²) in [6.45, 7) is 2.68.